The fraction of sp³-hybridized carbons (Fsp3) is 0.263. The Bertz CT molecular complexity index is 2020. The van der Waals surface area contributed by atoms with Gasteiger partial charge in [0.15, 0.2) is 5.78 Å². The van der Waals surface area contributed by atoms with Crippen LogP contribution >= 0.6 is 0 Å². The van der Waals surface area contributed by atoms with Gasteiger partial charge in [0, 0.05) is 46.9 Å². The summed E-state index contributed by atoms with van der Waals surface area (Å²) in [6.07, 6.45) is 2.27. The topological polar surface area (TPSA) is 89.3 Å². The van der Waals surface area contributed by atoms with Crippen molar-refractivity contribution in [1.82, 2.24) is 19.4 Å². The number of ketones is 1. The maximum absolute atomic E-state index is 14.6. The zero-order valence-electron chi connectivity index (χ0n) is 26.4. The SMILES string of the molecule is C=C(c1ccccc1)c1cc2cnc(Nc3ccc(C4CN(C)CCO4)cc3)nc2n(C2Cc3ccccc3C(=O)C2(C)C)c1=O. The van der Waals surface area contributed by atoms with Crippen LogP contribution in [0, 0.1) is 5.41 Å². The van der Waals surface area contributed by atoms with Gasteiger partial charge in [0.1, 0.15) is 5.65 Å². The number of hydrogen-bond donors (Lipinski definition) is 1. The summed E-state index contributed by atoms with van der Waals surface area (Å²) >= 11 is 0. The number of aromatic nitrogens is 3. The van der Waals surface area contributed by atoms with Crippen molar-refractivity contribution >= 4 is 34.0 Å². The summed E-state index contributed by atoms with van der Waals surface area (Å²) in [5.41, 5.74) is 4.82. The molecular weight excluding hydrogens is 574 g/mol. The maximum Gasteiger partial charge on any atom is 0.260 e. The van der Waals surface area contributed by atoms with E-state index >= 15 is 0 Å². The largest absolute Gasteiger partial charge is 0.371 e. The third-order valence-corrected chi connectivity index (χ3v) is 9.43. The summed E-state index contributed by atoms with van der Waals surface area (Å²) in [6, 6.07) is 26.7. The van der Waals surface area contributed by atoms with E-state index < -0.39 is 11.5 Å². The predicted molar refractivity (Wildman–Crippen MR) is 182 cm³/mol. The molecule has 2 aromatic heterocycles. The molecule has 8 heteroatoms. The van der Waals surface area contributed by atoms with Crippen LogP contribution in [0.5, 0.6) is 0 Å². The summed E-state index contributed by atoms with van der Waals surface area (Å²) in [5.74, 6) is 0.365. The number of Topliss-reactive ketones (excluding diaryl/α,β-unsaturated/α-hetero) is 1. The smallest absolute Gasteiger partial charge is 0.260 e. The number of rotatable bonds is 6. The van der Waals surface area contributed by atoms with E-state index in [9.17, 15) is 9.59 Å². The number of pyridine rings is 1. The quantitative estimate of drug-likeness (QED) is 0.231. The lowest BCUT2D eigenvalue weighted by atomic mass is 9.69. The summed E-state index contributed by atoms with van der Waals surface area (Å²) < 4.78 is 7.68. The molecule has 46 heavy (non-hydrogen) atoms. The van der Waals surface area contributed by atoms with Gasteiger partial charge in [-0.25, -0.2) is 4.98 Å². The molecule has 2 atom stereocenters. The standard InChI is InChI=1S/C38H37N5O3/c1-24(25-10-6-5-7-11-25)31-20-28-22-39-37(40-29-16-14-26(15-17-29)32-23-42(4)18-19-46-32)41-35(28)43(36(31)45)33-21-27-12-8-9-13-30(27)34(44)38(33,2)3/h5-17,20,22,32-33H,1,18-19,21,23H2,2-4H3,(H,39,40,41). The van der Waals surface area contributed by atoms with Crippen molar-refractivity contribution < 1.29 is 9.53 Å². The second-order valence-electron chi connectivity index (χ2n) is 12.8. The highest BCUT2D eigenvalue weighted by molar-refractivity contribution is 6.03. The van der Waals surface area contributed by atoms with Crippen LogP contribution in [0.1, 0.15) is 58.6 Å². The number of likely N-dealkylation sites (N-methyl/N-ethyl adjacent to an activating group) is 1. The van der Waals surface area contributed by atoms with Gasteiger partial charge in [-0.05, 0) is 53.9 Å². The highest BCUT2D eigenvalue weighted by Gasteiger charge is 2.44. The van der Waals surface area contributed by atoms with E-state index in [1.54, 1.807) is 10.8 Å². The van der Waals surface area contributed by atoms with Crippen molar-refractivity contribution in [2.24, 2.45) is 5.41 Å². The fourth-order valence-electron chi connectivity index (χ4n) is 6.67. The lowest BCUT2D eigenvalue weighted by Gasteiger charge is -2.39. The molecule has 0 bridgehead atoms. The number of fused-ring (bicyclic) bond motifs is 2. The van der Waals surface area contributed by atoms with Gasteiger partial charge in [-0.15, -0.1) is 0 Å². The molecular formula is C38H37N5O3. The second kappa shape index (κ2) is 11.8. The van der Waals surface area contributed by atoms with Gasteiger partial charge >= 0.3 is 0 Å². The van der Waals surface area contributed by atoms with E-state index in [-0.39, 0.29) is 17.4 Å². The third-order valence-electron chi connectivity index (χ3n) is 9.43. The first-order valence-corrected chi connectivity index (χ1v) is 15.7. The fourth-order valence-corrected chi connectivity index (χ4v) is 6.67. The van der Waals surface area contributed by atoms with E-state index in [0.29, 0.717) is 46.7 Å². The van der Waals surface area contributed by atoms with E-state index in [4.69, 9.17) is 9.72 Å². The van der Waals surface area contributed by atoms with Gasteiger partial charge in [0.2, 0.25) is 5.95 Å². The Labute approximate surface area is 268 Å². The first-order valence-electron chi connectivity index (χ1n) is 15.7. The van der Waals surface area contributed by atoms with Gasteiger partial charge in [0.25, 0.3) is 5.56 Å². The molecule has 0 radical (unpaired) electrons. The number of benzene rings is 3. The number of carbonyl (C=O) groups is 1. The molecule has 3 aromatic carbocycles. The Morgan fingerprint density at radius 3 is 2.50 bits per heavy atom. The minimum absolute atomic E-state index is 0.00678. The molecule has 2 aliphatic rings. The van der Waals surface area contributed by atoms with Crippen LogP contribution in [-0.2, 0) is 11.2 Å². The van der Waals surface area contributed by atoms with E-state index in [1.807, 2.05) is 86.6 Å². The summed E-state index contributed by atoms with van der Waals surface area (Å²) in [5, 5.41) is 4.01. The van der Waals surface area contributed by atoms with Crippen LogP contribution in [0.15, 0.2) is 102 Å². The molecule has 8 nitrogen and oxygen atoms in total. The Kier molecular flexibility index (Phi) is 7.63. The van der Waals surface area contributed by atoms with Crippen molar-refractivity contribution in [3.63, 3.8) is 0 Å². The predicted octanol–water partition coefficient (Wildman–Crippen LogP) is 6.61. The highest BCUT2D eigenvalue weighted by Crippen LogP contribution is 2.43. The average Bonchev–Trinajstić information content (AvgIpc) is 3.07. The van der Waals surface area contributed by atoms with Crippen LogP contribution in [0.4, 0.5) is 11.6 Å². The zero-order valence-corrected chi connectivity index (χ0v) is 26.4. The van der Waals surface area contributed by atoms with Gasteiger partial charge in [-0.2, -0.15) is 4.98 Å². The molecule has 1 N–H and O–H groups in total. The van der Waals surface area contributed by atoms with Gasteiger partial charge in [-0.3, -0.25) is 14.2 Å². The molecule has 1 aliphatic carbocycles. The third kappa shape index (κ3) is 5.33. The summed E-state index contributed by atoms with van der Waals surface area (Å²) in [7, 11) is 2.10. The van der Waals surface area contributed by atoms with Crippen LogP contribution in [0.25, 0.3) is 16.6 Å². The molecule has 7 rings (SSSR count). The Morgan fingerprint density at radius 1 is 1.00 bits per heavy atom. The number of carbonyl (C=O) groups excluding carboxylic acids is 1. The lowest BCUT2D eigenvalue weighted by Crippen LogP contribution is -2.44. The molecule has 0 spiro atoms. The molecule has 0 amide bonds. The summed E-state index contributed by atoms with van der Waals surface area (Å²) in [6.45, 7) is 10.6. The van der Waals surface area contributed by atoms with Crippen LogP contribution in [0.3, 0.4) is 0 Å². The van der Waals surface area contributed by atoms with Crippen molar-refractivity contribution in [3.05, 3.63) is 136 Å². The molecule has 0 saturated carbocycles. The monoisotopic (exact) mass is 611 g/mol. The number of ether oxygens (including phenoxy) is 1. The zero-order chi connectivity index (χ0) is 32.0. The minimum Gasteiger partial charge on any atom is -0.371 e. The van der Waals surface area contributed by atoms with Crippen LogP contribution in [-0.4, -0.2) is 52.0 Å². The van der Waals surface area contributed by atoms with Crippen molar-refractivity contribution in [3.8, 4) is 0 Å². The first-order chi connectivity index (χ1) is 22.2. The molecule has 2 unspecified atom stereocenters. The molecule has 1 saturated heterocycles. The Morgan fingerprint density at radius 2 is 1.74 bits per heavy atom. The van der Waals surface area contributed by atoms with Gasteiger partial charge in [0.05, 0.1) is 18.8 Å². The minimum atomic E-state index is -0.874. The highest BCUT2D eigenvalue weighted by atomic mass is 16.5. The van der Waals surface area contributed by atoms with Crippen molar-refractivity contribution in [2.75, 3.05) is 32.1 Å². The molecule has 3 heterocycles. The number of anilines is 2. The summed E-state index contributed by atoms with van der Waals surface area (Å²) in [4.78, 5) is 40.3. The molecule has 232 valence electrons. The number of hydrogen-bond acceptors (Lipinski definition) is 7. The Balaban J connectivity index is 1.32. The lowest BCUT2D eigenvalue weighted by molar-refractivity contribution is -0.0208. The first kappa shape index (κ1) is 29.8. The van der Waals surface area contributed by atoms with E-state index in [2.05, 4.69) is 41.0 Å². The number of nitrogens with zero attached hydrogens (tertiary/aromatic N) is 4. The number of morpholine rings is 1. The van der Waals surface area contributed by atoms with Crippen LogP contribution in [0.2, 0.25) is 0 Å². The van der Waals surface area contributed by atoms with Crippen LogP contribution < -0.4 is 10.9 Å². The van der Waals surface area contributed by atoms with Gasteiger partial charge < -0.3 is 15.0 Å². The molecule has 1 fully saturated rings. The van der Waals surface area contributed by atoms with E-state index in [0.717, 1.165) is 35.5 Å². The van der Waals surface area contributed by atoms with Crippen molar-refractivity contribution in [2.45, 2.75) is 32.4 Å². The van der Waals surface area contributed by atoms with Gasteiger partial charge in [-0.1, -0.05) is 87.2 Å². The number of nitrogens with one attached hydrogen (secondary N) is 1. The second-order valence-corrected chi connectivity index (χ2v) is 12.8. The van der Waals surface area contributed by atoms with Crippen molar-refractivity contribution in [1.29, 1.82) is 0 Å². The normalized spacial score (nSPS) is 19.5. The maximum atomic E-state index is 14.6. The molecule has 5 aromatic rings. The average molecular weight is 612 g/mol. The molecule has 1 aliphatic heterocycles. The Hall–Kier alpha value is -4.92. The van der Waals surface area contributed by atoms with E-state index in [1.165, 1.54) is 0 Å².